The Morgan fingerprint density at radius 1 is 0.903 bits per heavy atom. The van der Waals surface area contributed by atoms with Gasteiger partial charge >= 0.3 is 0 Å². The number of hydrazone groups is 1. The van der Waals surface area contributed by atoms with Crippen LogP contribution in [0.25, 0.3) is 0 Å². The van der Waals surface area contributed by atoms with Crippen LogP contribution in [0.15, 0.2) is 82.8 Å². The minimum absolute atomic E-state index is 0.116. The van der Waals surface area contributed by atoms with Gasteiger partial charge in [0.15, 0.2) is 0 Å². The first-order chi connectivity index (χ1) is 14.8. The van der Waals surface area contributed by atoms with Gasteiger partial charge in [0.1, 0.15) is 6.54 Å². The van der Waals surface area contributed by atoms with Crippen molar-refractivity contribution in [2.45, 2.75) is 25.7 Å². The minimum atomic E-state index is -3.94. The average molecular weight is 436 g/mol. The van der Waals surface area contributed by atoms with E-state index in [1.807, 2.05) is 51.1 Å². The van der Waals surface area contributed by atoms with Crippen LogP contribution in [0.3, 0.4) is 0 Å². The van der Waals surface area contributed by atoms with Crippen molar-refractivity contribution in [3.8, 4) is 0 Å². The van der Waals surface area contributed by atoms with E-state index in [1.165, 1.54) is 18.3 Å². The third kappa shape index (κ3) is 5.79. The van der Waals surface area contributed by atoms with Gasteiger partial charge in [-0.25, -0.2) is 13.8 Å². The molecule has 0 aromatic heterocycles. The molecular formula is C24H25N3O3S. The molecule has 0 bridgehead atoms. The van der Waals surface area contributed by atoms with Crippen LogP contribution in [0.1, 0.15) is 22.3 Å². The molecule has 0 saturated carbocycles. The number of sulfonamides is 1. The Bertz CT molecular complexity index is 1190. The SMILES string of the molecule is Cc1cccc(/C=N\NC(=O)CN(c2cc(C)cc(C)c2)S(=O)(=O)c2ccccc2)c1. The van der Waals surface area contributed by atoms with Gasteiger partial charge in [0.05, 0.1) is 16.8 Å². The number of aryl methyl sites for hydroxylation is 3. The minimum Gasteiger partial charge on any atom is -0.271 e. The molecule has 0 aliphatic rings. The predicted octanol–water partition coefficient (Wildman–Crippen LogP) is 3.96. The van der Waals surface area contributed by atoms with E-state index in [0.717, 1.165) is 26.6 Å². The predicted molar refractivity (Wildman–Crippen MR) is 124 cm³/mol. The fourth-order valence-electron chi connectivity index (χ4n) is 3.22. The van der Waals surface area contributed by atoms with Gasteiger partial charge in [0, 0.05) is 0 Å². The fraction of sp³-hybridized carbons (Fsp3) is 0.167. The Morgan fingerprint density at radius 2 is 1.58 bits per heavy atom. The van der Waals surface area contributed by atoms with Crippen LogP contribution >= 0.6 is 0 Å². The zero-order valence-electron chi connectivity index (χ0n) is 17.7. The van der Waals surface area contributed by atoms with Gasteiger partial charge in [0.2, 0.25) is 0 Å². The number of benzene rings is 3. The fourth-order valence-corrected chi connectivity index (χ4v) is 4.65. The molecule has 1 amide bonds. The second-order valence-electron chi connectivity index (χ2n) is 7.38. The van der Waals surface area contributed by atoms with Crippen LogP contribution in [0.4, 0.5) is 5.69 Å². The maximum Gasteiger partial charge on any atom is 0.264 e. The van der Waals surface area contributed by atoms with Gasteiger partial charge in [-0.05, 0) is 61.7 Å². The average Bonchev–Trinajstić information content (AvgIpc) is 2.72. The van der Waals surface area contributed by atoms with Crippen molar-refractivity contribution in [3.05, 3.63) is 95.1 Å². The van der Waals surface area contributed by atoms with Crippen molar-refractivity contribution in [2.75, 3.05) is 10.8 Å². The number of hydrogen-bond acceptors (Lipinski definition) is 4. The van der Waals surface area contributed by atoms with Crippen molar-refractivity contribution < 1.29 is 13.2 Å². The summed E-state index contributed by atoms with van der Waals surface area (Å²) >= 11 is 0. The van der Waals surface area contributed by atoms with E-state index in [1.54, 1.807) is 30.3 Å². The molecule has 0 heterocycles. The molecule has 0 aliphatic carbocycles. The Kier molecular flexibility index (Phi) is 6.87. The van der Waals surface area contributed by atoms with Gasteiger partial charge in [-0.15, -0.1) is 0 Å². The van der Waals surface area contributed by atoms with E-state index in [0.29, 0.717) is 5.69 Å². The molecular weight excluding hydrogens is 410 g/mol. The Morgan fingerprint density at radius 3 is 2.23 bits per heavy atom. The van der Waals surface area contributed by atoms with E-state index >= 15 is 0 Å². The number of carbonyl (C=O) groups is 1. The highest BCUT2D eigenvalue weighted by Gasteiger charge is 2.27. The topological polar surface area (TPSA) is 78.8 Å². The van der Waals surface area contributed by atoms with Gasteiger partial charge in [-0.2, -0.15) is 5.10 Å². The molecule has 31 heavy (non-hydrogen) atoms. The monoisotopic (exact) mass is 435 g/mol. The van der Waals surface area contributed by atoms with Gasteiger partial charge in [-0.3, -0.25) is 9.10 Å². The number of amides is 1. The molecule has 0 unspecified atom stereocenters. The summed E-state index contributed by atoms with van der Waals surface area (Å²) < 4.78 is 27.8. The summed E-state index contributed by atoms with van der Waals surface area (Å²) in [7, 11) is -3.94. The number of nitrogens with one attached hydrogen (secondary N) is 1. The summed E-state index contributed by atoms with van der Waals surface area (Å²) in [6.45, 7) is 5.34. The van der Waals surface area contributed by atoms with Crippen molar-refractivity contribution in [2.24, 2.45) is 5.10 Å². The Labute approximate surface area is 183 Å². The number of nitrogens with zero attached hydrogens (tertiary/aromatic N) is 2. The van der Waals surface area contributed by atoms with E-state index in [4.69, 9.17) is 0 Å². The van der Waals surface area contributed by atoms with Crippen LogP contribution in [0.2, 0.25) is 0 Å². The lowest BCUT2D eigenvalue weighted by Crippen LogP contribution is -2.39. The highest BCUT2D eigenvalue weighted by Crippen LogP contribution is 2.25. The number of anilines is 1. The Balaban J connectivity index is 1.87. The molecule has 0 aliphatic heterocycles. The first kappa shape index (κ1) is 22.2. The molecule has 6 nitrogen and oxygen atoms in total. The number of hydrogen-bond donors (Lipinski definition) is 1. The van der Waals surface area contributed by atoms with Crippen LogP contribution in [-0.2, 0) is 14.8 Å². The maximum atomic E-state index is 13.3. The summed E-state index contributed by atoms with van der Waals surface area (Å²) in [5.74, 6) is -0.539. The van der Waals surface area contributed by atoms with E-state index in [9.17, 15) is 13.2 Å². The number of rotatable bonds is 7. The molecule has 0 spiro atoms. The standard InChI is InChI=1S/C24H25N3O3S/c1-18-8-7-9-21(13-18)16-25-26-24(28)17-27(22-14-19(2)12-20(3)15-22)31(29,30)23-10-5-4-6-11-23/h4-16H,17H2,1-3H3,(H,26,28)/b25-16-. The molecule has 0 atom stereocenters. The van der Waals surface area contributed by atoms with Gasteiger partial charge < -0.3 is 0 Å². The largest absolute Gasteiger partial charge is 0.271 e. The summed E-state index contributed by atoms with van der Waals surface area (Å²) in [6.07, 6.45) is 1.53. The second-order valence-corrected chi connectivity index (χ2v) is 9.24. The van der Waals surface area contributed by atoms with Crippen LogP contribution in [-0.4, -0.2) is 27.1 Å². The van der Waals surface area contributed by atoms with Crippen molar-refractivity contribution in [1.82, 2.24) is 5.43 Å². The number of carbonyl (C=O) groups excluding carboxylic acids is 1. The Hall–Kier alpha value is -3.45. The zero-order chi connectivity index (χ0) is 22.4. The molecule has 7 heteroatoms. The maximum absolute atomic E-state index is 13.3. The molecule has 1 N–H and O–H groups in total. The molecule has 3 aromatic rings. The summed E-state index contributed by atoms with van der Waals surface area (Å²) in [5.41, 5.74) is 6.58. The summed E-state index contributed by atoms with van der Waals surface area (Å²) in [5, 5.41) is 3.97. The molecule has 3 rings (SSSR count). The summed E-state index contributed by atoms with van der Waals surface area (Å²) in [4.78, 5) is 12.7. The molecule has 160 valence electrons. The highest BCUT2D eigenvalue weighted by molar-refractivity contribution is 7.92. The van der Waals surface area contributed by atoms with Gasteiger partial charge in [0.25, 0.3) is 15.9 Å². The second kappa shape index (κ2) is 9.57. The smallest absolute Gasteiger partial charge is 0.264 e. The highest BCUT2D eigenvalue weighted by atomic mass is 32.2. The molecule has 0 saturated heterocycles. The van der Waals surface area contributed by atoms with E-state index in [2.05, 4.69) is 10.5 Å². The molecule has 3 aromatic carbocycles. The lowest BCUT2D eigenvalue weighted by molar-refractivity contribution is -0.119. The molecule has 0 radical (unpaired) electrons. The molecule has 0 fully saturated rings. The van der Waals surface area contributed by atoms with Crippen molar-refractivity contribution in [1.29, 1.82) is 0 Å². The van der Waals surface area contributed by atoms with Crippen LogP contribution in [0.5, 0.6) is 0 Å². The first-order valence-corrected chi connectivity index (χ1v) is 11.2. The normalized spacial score (nSPS) is 11.5. The zero-order valence-corrected chi connectivity index (χ0v) is 18.6. The summed E-state index contributed by atoms with van der Waals surface area (Å²) in [6, 6.07) is 21.2. The van der Waals surface area contributed by atoms with Crippen LogP contribution in [0, 0.1) is 20.8 Å². The third-order valence-electron chi connectivity index (χ3n) is 4.56. The van der Waals surface area contributed by atoms with E-state index < -0.39 is 22.5 Å². The van der Waals surface area contributed by atoms with Gasteiger partial charge in [-0.1, -0.05) is 54.1 Å². The lowest BCUT2D eigenvalue weighted by atomic mass is 10.1. The van der Waals surface area contributed by atoms with Crippen molar-refractivity contribution in [3.63, 3.8) is 0 Å². The quantitative estimate of drug-likeness (QED) is 0.451. The van der Waals surface area contributed by atoms with Crippen LogP contribution < -0.4 is 9.73 Å². The van der Waals surface area contributed by atoms with E-state index in [-0.39, 0.29) is 4.90 Å². The first-order valence-electron chi connectivity index (χ1n) is 9.80. The lowest BCUT2D eigenvalue weighted by Gasteiger charge is -2.24. The third-order valence-corrected chi connectivity index (χ3v) is 6.35. The van der Waals surface area contributed by atoms with Crippen molar-refractivity contribution >= 4 is 27.8 Å².